The molecule has 1 atom stereocenters. The zero-order valence-electron chi connectivity index (χ0n) is 17.3. The van der Waals surface area contributed by atoms with E-state index in [1.165, 1.54) is 16.7 Å². The normalized spacial score (nSPS) is 20.8. The Morgan fingerprint density at radius 1 is 1.13 bits per heavy atom. The molecule has 158 valence electrons. The first-order valence-electron chi connectivity index (χ1n) is 10.7. The van der Waals surface area contributed by atoms with Crippen molar-refractivity contribution in [3.63, 3.8) is 0 Å². The fraction of sp³-hybridized carbons (Fsp3) is 0.458. The highest BCUT2D eigenvalue weighted by atomic mass is 16.6. The van der Waals surface area contributed by atoms with Crippen molar-refractivity contribution in [2.45, 2.75) is 32.4 Å². The molecule has 1 aromatic heterocycles. The van der Waals surface area contributed by atoms with Crippen LogP contribution in [0.5, 0.6) is 5.88 Å². The Hall–Kier alpha value is -2.41. The summed E-state index contributed by atoms with van der Waals surface area (Å²) < 4.78 is 24.7. The van der Waals surface area contributed by atoms with E-state index in [-0.39, 0.29) is 11.5 Å². The van der Waals surface area contributed by atoms with Crippen LogP contribution in [0.25, 0.3) is 16.8 Å². The van der Waals surface area contributed by atoms with Gasteiger partial charge in [0.25, 0.3) is 0 Å². The third kappa shape index (κ3) is 3.71. The zero-order valence-corrected chi connectivity index (χ0v) is 17.3. The Labute approximate surface area is 176 Å². The van der Waals surface area contributed by atoms with E-state index in [1.54, 1.807) is 6.07 Å². The third-order valence-electron chi connectivity index (χ3n) is 6.12. The minimum Gasteiger partial charge on any atom is -0.476 e. The van der Waals surface area contributed by atoms with Gasteiger partial charge in [-0.3, -0.25) is 4.79 Å². The van der Waals surface area contributed by atoms with Gasteiger partial charge in [0.05, 0.1) is 38.7 Å². The van der Waals surface area contributed by atoms with Gasteiger partial charge in [0.2, 0.25) is 0 Å². The maximum Gasteiger partial charge on any atom is 0.197 e. The van der Waals surface area contributed by atoms with Gasteiger partial charge in [0.15, 0.2) is 11.3 Å². The molecule has 5 rings (SSSR count). The summed E-state index contributed by atoms with van der Waals surface area (Å²) in [6.07, 6.45) is 3.92. The van der Waals surface area contributed by atoms with Crippen molar-refractivity contribution in [3.05, 3.63) is 57.3 Å². The fourth-order valence-electron chi connectivity index (χ4n) is 4.48. The minimum absolute atomic E-state index is 0.00104. The topological polar surface area (TPSA) is 58.9 Å². The van der Waals surface area contributed by atoms with Gasteiger partial charge in [-0.15, -0.1) is 0 Å². The van der Waals surface area contributed by atoms with Crippen LogP contribution in [0.4, 0.5) is 0 Å². The molecular weight excluding hydrogens is 382 g/mol. The number of ether oxygens (including phenoxy) is 4. The van der Waals surface area contributed by atoms with Crippen LogP contribution in [-0.4, -0.2) is 50.3 Å². The Morgan fingerprint density at radius 2 is 2.07 bits per heavy atom. The maximum absolute atomic E-state index is 12.7. The Morgan fingerprint density at radius 3 is 2.87 bits per heavy atom. The van der Waals surface area contributed by atoms with Crippen molar-refractivity contribution in [2.75, 3.05) is 39.6 Å². The lowest BCUT2D eigenvalue weighted by Crippen LogP contribution is -2.34. The standard InChI is InChI=1S/C24H27NO5/c1-16-22(26)13-23(30-15-20-14-28-10-11-29-20)25-7-4-19-12-18(2-3-21(19)24(16)25)17-5-8-27-9-6-17/h2-3,5,12-13,20H,4,6-11,14-15H2,1H3/t20-/m0/s1. The second kappa shape index (κ2) is 8.38. The molecule has 3 aliphatic heterocycles. The summed E-state index contributed by atoms with van der Waals surface area (Å²) in [4.78, 5) is 12.7. The SMILES string of the molecule is Cc1c2n(c(OC[C@@H]3COCCO3)cc1=O)CCc1cc(C3=CCOCC3)ccc1-2. The highest BCUT2D eigenvalue weighted by Crippen LogP contribution is 2.36. The van der Waals surface area contributed by atoms with Crippen molar-refractivity contribution in [2.24, 2.45) is 0 Å². The molecule has 6 heteroatoms. The average Bonchev–Trinajstić information content (AvgIpc) is 2.81. The predicted molar refractivity (Wildman–Crippen MR) is 114 cm³/mol. The fourth-order valence-corrected chi connectivity index (χ4v) is 4.48. The molecule has 6 nitrogen and oxygen atoms in total. The van der Waals surface area contributed by atoms with Gasteiger partial charge in [-0.1, -0.05) is 24.3 Å². The van der Waals surface area contributed by atoms with Gasteiger partial charge < -0.3 is 23.5 Å². The van der Waals surface area contributed by atoms with Crippen LogP contribution in [0.3, 0.4) is 0 Å². The number of hydrogen-bond acceptors (Lipinski definition) is 5. The first kappa shape index (κ1) is 19.5. The molecule has 4 heterocycles. The predicted octanol–water partition coefficient (Wildman–Crippen LogP) is 2.98. The zero-order chi connectivity index (χ0) is 20.5. The minimum atomic E-state index is -0.0995. The highest BCUT2D eigenvalue weighted by molar-refractivity contribution is 5.75. The molecule has 0 N–H and O–H groups in total. The van der Waals surface area contributed by atoms with Crippen molar-refractivity contribution in [3.8, 4) is 17.1 Å². The lowest BCUT2D eigenvalue weighted by molar-refractivity contribution is -0.102. The van der Waals surface area contributed by atoms with Crippen LogP contribution in [0.1, 0.15) is 23.1 Å². The molecule has 0 unspecified atom stereocenters. The van der Waals surface area contributed by atoms with Gasteiger partial charge in [-0.05, 0) is 36.5 Å². The summed E-state index contributed by atoms with van der Waals surface area (Å²) >= 11 is 0. The van der Waals surface area contributed by atoms with Gasteiger partial charge >= 0.3 is 0 Å². The average molecular weight is 409 g/mol. The van der Waals surface area contributed by atoms with E-state index in [4.69, 9.17) is 18.9 Å². The van der Waals surface area contributed by atoms with Crippen molar-refractivity contribution < 1.29 is 18.9 Å². The van der Waals surface area contributed by atoms with Crippen molar-refractivity contribution in [1.82, 2.24) is 4.57 Å². The molecular formula is C24H27NO5. The van der Waals surface area contributed by atoms with Crippen LogP contribution >= 0.6 is 0 Å². The Kier molecular flexibility index (Phi) is 5.46. The summed E-state index contributed by atoms with van der Waals surface area (Å²) in [6, 6.07) is 8.20. The lowest BCUT2D eigenvalue weighted by Gasteiger charge is -2.28. The molecule has 2 aromatic rings. The molecule has 0 spiro atoms. The van der Waals surface area contributed by atoms with Crippen LogP contribution < -0.4 is 10.2 Å². The number of pyridine rings is 1. The summed E-state index contributed by atoms with van der Waals surface area (Å²) in [5.41, 5.74) is 6.73. The molecule has 1 aromatic carbocycles. The summed E-state index contributed by atoms with van der Waals surface area (Å²) in [5, 5.41) is 0. The molecule has 1 fully saturated rings. The van der Waals surface area contributed by atoms with E-state index >= 15 is 0 Å². The quantitative estimate of drug-likeness (QED) is 0.777. The second-order valence-electron chi connectivity index (χ2n) is 8.03. The largest absolute Gasteiger partial charge is 0.476 e. The number of benzene rings is 1. The number of fused-ring (bicyclic) bond motifs is 3. The van der Waals surface area contributed by atoms with E-state index in [0.717, 1.165) is 42.8 Å². The molecule has 0 bridgehead atoms. The van der Waals surface area contributed by atoms with Gasteiger partial charge in [0.1, 0.15) is 12.7 Å². The first-order chi connectivity index (χ1) is 14.7. The first-order valence-corrected chi connectivity index (χ1v) is 10.7. The van der Waals surface area contributed by atoms with Gasteiger partial charge in [-0.25, -0.2) is 0 Å². The van der Waals surface area contributed by atoms with E-state index in [0.29, 0.717) is 38.9 Å². The number of nitrogens with zero attached hydrogens (tertiary/aromatic N) is 1. The van der Waals surface area contributed by atoms with Crippen LogP contribution in [-0.2, 0) is 27.2 Å². The third-order valence-corrected chi connectivity index (χ3v) is 6.12. The smallest absolute Gasteiger partial charge is 0.197 e. The number of aryl methyl sites for hydroxylation is 1. The van der Waals surface area contributed by atoms with E-state index in [1.807, 2.05) is 6.92 Å². The number of hydrogen-bond donors (Lipinski definition) is 0. The van der Waals surface area contributed by atoms with Crippen LogP contribution in [0.2, 0.25) is 0 Å². The summed E-state index contributed by atoms with van der Waals surface area (Å²) in [5.74, 6) is 0.608. The molecule has 0 amide bonds. The van der Waals surface area contributed by atoms with Gasteiger partial charge in [0, 0.05) is 23.7 Å². The van der Waals surface area contributed by atoms with Crippen LogP contribution in [0, 0.1) is 6.92 Å². The molecule has 0 saturated carbocycles. The lowest BCUT2D eigenvalue weighted by atomic mass is 9.90. The number of aromatic nitrogens is 1. The van der Waals surface area contributed by atoms with Crippen molar-refractivity contribution in [1.29, 1.82) is 0 Å². The summed E-state index contributed by atoms with van der Waals surface area (Å²) in [6.45, 7) is 6.25. The van der Waals surface area contributed by atoms with Crippen LogP contribution in [0.15, 0.2) is 35.1 Å². The maximum atomic E-state index is 12.7. The monoisotopic (exact) mass is 409 g/mol. The summed E-state index contributed by atoms with van der Waals surface area (Å²) in [7, 11) is 0. The van der Waals surface area contributed by atoms with E-state index in [9.17, 15) is 4.79 Å². The molecule has 3 aliphatic rings. The van der Waals surface area contributed by atoms with E-state index in [2.05, 4.69) is 28.8 Å². The van der Waals surface area contributed by atoms with Gasteiger partial charge in [-0.2, -0.15) is 0 Å². The molecule has 0 aliphatic carbocycles. The molecule has 1 saturated heterocycles. The highest BCUT2D eigenvalue weighted by Gasteiger charge is 2.24. The van der Waals surface area contributed by atoms with E-state index < -0.39 is 0 Å². The Bertz CT molecular complexity index is 1030. The molecule has 0 radical (unpaired) electrons. The number of rotatable bonds is 4. The molecule has 30 heavy (non-hydrogen) atoms. The van der Waals surface area contributed by atoms with Crippen molar-refractivity contribution >= 4 is 5.57 Å². The Balaban J connectivity index is 1.48. The second-order valence-corrected chi connectivity index (χ2v) is 8.03.